The summed E-state index contributed by atoms with van der Waals surface area (Å²) < 4.78 is 5.43. The van der Waals surface area contributed by atoms with Crippen molar-refractivity contribution >= 4 is 11.7 Å². The summed E-state index contributed by atoms with van der Waals surface area (Å²) in [6.07, 6.45) is 3.75. The van der Waals surface area contributed by atoms with Crippen molar-refractivity contribution in [1.82, 2.24) is 10.3 Å². The number of nitrogens with one attached hydrogen (secondary N) is 1. The van der Waals surface area contributed by atoms with E-state index in [2.05, 4.69) is 53.3 Å². The average Bonchev–Trinajstić information content (AvgIpc) is 2.71. The number of ether oxygens (including phenoxy) is 1. The third kappa shape index (κ3) is 3.56. The van der Waals surface area contributed by atoms with Gasteiger partial charge < -0.3 is 15.0 Å². The number of fused-ring (bicyclic) bond motifs is 1. The third-order valence-electron chi connectivity index (χ3n) is 5.77. The number of carbonyl (C=O) groups is 1. The second-order valence-electron chi connectivity index (χ2n) is 8.01. The van der Waals surface area contributed by atoms with Crippen molar-refractivity contribution in [3.8, 4) is 0 Å². The van der Waals surface area contributed by atoms with Crippen LogP contribution >= 0.6 is 0 Å². The summed E-state index contributed by atoms with van der Waals surface area (Å²) in [4.78, 5) is 19.8. The van der Waals surface area contributed by atoms with Gasteiger partial charge in [0.25, 0.3) is 5.91 Å². The molecule has 1 atom stereocenters. The Labute approximate surface area is 160 Å². The van der Waals surface area contributed by atoms with E-state index in [0.717, 1.165) is 31.7 Å². The molecule has 1 aromatic carbocycles. The van der Waals surface area contributed by atoms with Crippen molar-refractivity contribution in [1.29, 1.82) is 0 Å². The molecule has 142 valence electrons. The summed E-state index contributed by atoms with van der Waals surface area (Å²) in [6, 6.07) is 12.2. The lowest BCUT2D eigenvalue weighted by molar-refractivity contribution is 0.0927. The van der Waals surface area contributed by atoms with Crippen molar-refractivity contribution < 1.29 is 9.53 Å². The minimum absolute atomic E-state index is 0.0412. The van der Waals surface area contributed by atoms with Crippen LogP contribution in [0.3, 0.4) is 0 Å². The van der Waals surface area contributed by atoms with Crippen molar-refractivity contribution in [3.63, 3.8) is 0 Å². The molecule has 0 spiro atoms. The first kappa shape index (κ1) is 18.0. The van der Waals surface area contributed by atoms with Gasteiger partial charge in [-0.1, -0.05) is 38.1 Å². The molecule has 1 aliphatic carbocycles. The Morgan fingerprint density at radius 1 is 1.19 bits per heavy atom. The van der Waals surface area contributed by atoms with E-state index < -0.39 is 0 Å². The van der Waals surface area contributed by atoms with Crippen molar-refractivity contribution in [2.75, 3.05) is 31.2 Å². The van der Waals surface area contributed by atoms with E-state index in [-0.39, 0.29) is 17.4 Å². The van der Waals surface area contributed by atoms with Crippen LogP contribution < -0.4 is 10.2 Å². The van der Waals surface area contributed by atoms with Gasteiger partial charge in [0.05, 0.1) is 24.8 Å². The van der Waals surface area contributed by atoms with E-state index in [9.17, 15) is 4.79 Å². The van der Waals surface area contributed by atoms with E-state index in [1.807, 2.05) is 12.1 Å². The van der Waals surface area contributed by atoms with Gasteiger partial charge in [-0.3, -0.25) is 4.79 Å². The number of hydrogen-bond acceptors (Lipinski definition) is 4. The smallest absolute Gasteiger partial charge is 0.255 e. The number of aromatic nitrogens is 1. The Morgan fingerprint density at radius 2 is 1.96 bits per heavy atom. The molecule has 5 nitrogen and oxygen atoms in total. The Balaban J connectivity index is 1.59. The summed E-state index contributed by atoms with van der Waals surface area (Å²) in [5.41, 5.74) is 3.35. The van der Waals surface area contributed by atoms with E-state index >= 15 is 0 Å². The summed E-state index contributed by atoms with van der Waals surface area (Å²) in [7, 11) is 0. The van der Waals surface area contributed by atoms with Crippen LogP contribution in [0.25, 0.3) is 0 Å². The maximum Gasteiger partial charge on any atom is 0.255 e. The standard InChI is InChI=1S/C22H27N3O2/c1-22(2)10-9-19(16-6-3-4-8-18(16)22)24-21(26)17-7-5-11-23-20(17)25-12-14-27-15-13-25/h3-8,11,19H,9-10,12-15H2,1-2H3,(H,24,26). The van der Waals surface area contributed by atoms with Gasteiger partial charge in [0.2, 0.25) is 0 Å². The minimum atomic E-state index is -0.0518. The molecule has 5 heteroatoms. The first-order chi connectivity index (χ1) is 13.1. The van der Waals surface area contributed by atoms with Crippen LogP contribution in [0.4, 0.5) is 5.82 Å². The van der Waals surface area contributed by atoms with Crippen LogP contribution in [0.2, 0.25) is 0 Å². The first-order valence-corrected chi connectivity index (χ1v) is 9.74. The molecular formula is C22H27N3O2. The molecule has 2 heterocycles. The monoisotopic (exact) mass is 365 g/mol. The number of pyridine rings is 1. The number of hydrogen-bond donors (Lipinski definition) is 1. The lowest BCUT2D eigenvalue weighted by atomic mass is 9.71. The van der Waals surface area contributed by atoms with Gasteiger partial charge in [0.15, 0.2) is 0 Å². The van der Waals surface area contributed by atoms with Crippen molar-refractivity contribution in [3.05, 3.63) is 59.3 Å². The van der Waals surface area contributed by atoms with E-state index in [0.29, 0.717) is 18.8 Å². The SMILES string of the molecule is CC1(C)CCC(NC(=O)c2cccnc2N2CCOCC2)c2ccccc21. The molecule has 1 unspecified atom stereocenters. The molecule has 27 heavy (non-hydrogen) atoms. The molecule has 0 bridgehead atoms. The minimum Gasteiger partial charge on any atom is -0.378 e. The van der Waals surface area contributed by atoms with Crippen LogP contribution in [-0.2, 0) is 10.2 Å². The molecule has 1 amide bonds. The highest BCUT2D eigenvalue weighted by Gasteiger charge is 2.33. The molecule has 1 aromatic heterocycles. The number of morpholine rings is 1. The Morgan fingerprint density at radius 3 is 2.78 bits per heavy atom. The van der Waals surface area contributed by atoms with Gasteiger partial charge in [-0.2, -0.15) is 0 Å². The molecule has 1 saturated heterocycles. The van der Waals surface area contributed by atoms with Gasteiger partial charge in [0, 0.05) is 19.3 Å². The maximum absolute atomic E-state index is 13.1. The molecule has 1 fully saturated rings. The van der Waals surface area contributed by atoms with Crippen LogP contribution in [0, 0.1) is 0 Å². The molecule has 0 radical (unpaired) electrons. The summed E-state index contributed by atoms with van der Waals surface area (Å²) in [5, 5.41) is 3.27. The molecule has 2 aliphatic rings. The zero-order valence-corrected chi connectivity index (χ0v) is 16.1. The number of amides is 1. The number of benzene rings is 1. The Bertz CT molecular complexity index is 828. The van der Waals surface area contributed by atoms with Gasteiger partial charge in [-0.05, 0) is 41.5 Å². The largest absolute Gasteiger partial charge is 0.378 e. The summed E-state index contributed by atoms with van der Waals surface area (Å²) in [6.45, 7) is 7.42. The highest BCUT2D eigenvalue weighted by atomic mass is 16.5. The fourth-order valence-electron chi connectivity index (χ4n) is 4.20. The van der Waals surface area contributed by atoms with Gasteiger partial charge in [0.1, 0.15) is 5.82 Å². The molecule has 1 N–H and O–H groups in total. The van der Waals surface area contributed by atoms with Crippen molar-refractivity contribution in [2.45, 2.75) is 38.1 Å². The van der Waals surface area contributed by atoms with Gasteiger partial charge in [-0.15, -0.1) is 0 Å². The van der Waals surface area contributed by atoms with Gasteiger partial charge >= 0.3 is 0 Å². The summed E-state index contributed by atoms with van der Waals surface area (Å²) >= 11 is 0. The van der Waals surface area contributed by atoms with E-state index in [1.165, 1.54) is 11.1 Å². The lowest BCUT2D eigenvalue weighted by Gasteiger charge is -2.37. The third-order valence-corrected chi connectivity index (χ3v) is 5.77. The molecule has 0 saturated carbocycles. The predicted octanol–water partition coefficient (Wildman–Crippen LogP) is 3.46. The average molecular weight is 365 g/mol. The highest BCUT2D eigenvalue weighted by molar-refractivity contribution is 5.99. The van der Waals surface area contributed by atoms with Crippen LogP contribution in [0.1, 0.15) is 54.2 Å². The molecule has 4 rings (SSSR count). The van der Waals surface area contributed by atoms with Crippen LogP contribution in [0.5, 0.6) is 0 Å². The Kier molecular flexibility index (Phi) is 4.87. The normalized spacial score (nSPS) is 21.4. The quantitative estimate of drug-likeness (QED) is 0.905. The number of rotatable bonds is 3. The number of carbonyl (C=O) groups excluding carboxylic acids is 1. The summed E-state index contributed by atoms with van der Waals surface area (Å²) in [5.74, 6) is 0.701. The molecular weight excluding hydrogens is 338 g/mol. The number of nitrogens with zero attached hydrogens (tertiary/aromatic N) is 2. The highest BCUT2D eigenvalue weighted by Crippen LogP contribution is 2.41. The topological polar surface area (TPSA) is 54.5 Å². The predicted molar refractivity (Wildman–Crippen MR) is 106 cm³/mol. The lowest BCUT2D eigenvalue weighted by Crippen LogP contribution is -2.39. The van der Waals surface area contributed by atoms with Crippen molar-refractivity contribution in [2.24, 2.45) is 0 Å². The van der Waals surface area contributed by atoms with E-state index in [1.54, 1.807) is 6.20 Å². The molecule has 1 aliphatic heterocycles. The fourth-order valence-corrected chi connectivity index (χ4v) is 4.20. The fraction of sp³-hybridized carbons (Fsp3) is 0.455. The first-order valence-electron chi connectivity index (χ1n) is 9.74. The zero-order valence-electron chi connectivity index (χ0n) is 16.1. The van der Waals surface area contributed by atoms with Gasteiger partial charge in [-0.25, -0.2) is 4.98 Å². The van der Waals surface area contributed by atoms with Crippen LogP contribution in [0.15, 0.2) is 42.6 Å². The number of anilines is 1. The second-order valence-corrected chi connectivity index (χ2v) is 8.01. The second kappa shape index (κ2) is 7.31. The molecule has 2 aromatic rings. The zero-order chi connectivity index (χ0) is 18.9. The Hall–Kier alpha value is -2.40. The van der Waals surface area contributed by atoms with E-state index in [4.69, 9.17) is 4.74 Å². The maximum atomic E-state index is 13.1. The van der Waals surface area contributed by atoms with Crippen LogP contribution in [-0.4, -0.2) is 37.2 Å².